The molecule has 1 rings (SSSR count). The number of rotatable bonds is 4. The van der Waals surface area contributed by atoms with Crippen molar-refractivity contribution in [1.82, 2.24) is 0 Å². The van der Waals surface area contributed by atoms with Crippen molar-refractivity contribution < 1.29 is 32.7 Å². The second-order valence-corrected chi connectivity index (χ2v) is 3.46. The number of hydrogen-bond donors (Lipinski definition) is 0. The van der Waals surface area contributed by atoms with Crippen molar-refractivity contribution in [2.24, 2.45) is 0 Å². The SMILES string of the molecule is Cc1c(F)c(F)cc(F)c1C(=O)CC(=O)C(=O)[O-]. The third kappa shape index (κ3) is 2.55. The quantitative estimate of drug-likeness (QED) is 0.337. The third-order valence-corrected chi connectivity index (χ3v) is 2.23. The zero-order chi connectivity index (χ0) is 14.0. The summed E-state index contributed by atoms with van der Waals surface area (Å²) in [4.78, 5) is 32.3. The van der Waals surface area contributed by atoms with E-state index in [1.165, 1.54) is 0 Å². The van der Waals surface area contributed by atoms with Gasteiger partial charge in [0.15, 0.2) is 23.2 Å². The Morgan fingerprint density at radius 3 is 2.22 bits per heavy atom. The summed E-state index contributed by atoms with van der Waals surface area (Å²) >= 11 is 0. The lowest BCUT2D eigenvalue weighted by molar-refractivity contribution is -0.299. The van der Waals surface area contributed by atoms with Gasteiger partial charge in [-0.1, -0.05) is 0 Å². The number of ketones is 2. The second kappa shape index (κ2) is 4.99. The van der Waals surface area contributed by atoms with E-state index < -0.39 is 52.5 Å². The average Bonchev–Trinajstić information content (AvgIpc) is 2.25. The van der Waals surface area contributed by atoms with Gasteiger partial charge in [0, 0.05) is 11.6 Å². The van der Waals surface area contributed by atoms with Crippen molar-refractivity contribution in [2.45, 2.75) is 13.3 Å². The Morgan fingerprint density at radius 1 is 1.17 bits per heavy atom. The fourth-order valence-electron chi connectivity index (χ4n) is 1.36. The van der Waals surface area contributed by atoms with Crippen LogP contribution in [0.3, 0.4) is 0 Å². The van der Waals surface area contributed by atoms with E-state index in [9.17, 15) is 32.7 Å². The molecule has 0 atom stereocenters. The standard InChI is InChI=1S/C11H7F3O4/c1-4-9(5(12)2-6(13)10(4)14)7(15)3-8(16)11(17)18/h2H,3H2,1H3,(H,17,18)/p-1. The Morgan fingerprint density at radius 2 is 1.72 bits per heavy atom. The summed E-state index contributed by atoms with van der Waals surface area (Å²) in [7, 11) is 0. The third-order valence-electron chi connectivity index (χ3n) is 2.23. The first-order chi connectivity index (χ1) is 8.25. The zero-order valence-corrected chi connectivity index (χ0v) is 9.05. The molecule has 7 heteroatoms. The molecule has 0 fully saturated rings. The molecule has 0 unspecified atom stereocenters. The van der Waals surface area contributed by atoms with Crippen molar-refractivity contribution in [3.05, 3.63) is 34.6 Å². The minimum atomic E-state index is -2.11. The zero-order valence-electron chi connectivity index (χ0n) is 9.05. The molecule has 0 amide bonds. The number of carbonyl (C=O) groups is 3. The van der Waals surface area contributed by atoms with E-state index in [4.69, 9.17) is 0 Å². The Kier molecular flexibility index (Phi) is 3.85. The van der Waals surface area contributed by atoms with E-state index in [0.29, 0.717) is 0 Å². The van der Waals surface area contributed by atoms with Crippen molar-refractivity contribution in [1.29, 1.82) is 0 Å². The van der Waals surface area contributed by atoms with Crippen molar-refractivity contribution in [3.63, 3.8) is 0 Å². The predicted molar refractivity (Wildman–Crippen MR) is 50.0 cm³/mol. The summed E-state index contributed by atoms with van der Waals surface area (Å²) < 4.78 is 39.2. The minimum absolute atomic E-state index is 0.152. The number of carbonyl (C=O) groups excluding carboxylic acids is 3. The van der Waals surface area contributed by atoms with Gasteiger partial charge in [0.05, 0.1) is 12.0 Å². The van der Waals surface area contributed by atoms with E-state index in [1.54, 1.807) is 0 Å². The molecule has 0 aliphatic carbocycles. The minimum Gasteiger partial charge on any atom is -0.542 e. The maximum absolute atomic E-state index is 13.3. The number of hydrogen-bond acceptors (Lipinski definition) is 4. The lowest BCUT2D eigenvalue weighted by Gasteiger charge is -2.08. The number of carboxylic acid groups (broad SMARTS) is 1. The summed E-state index contributed by atoms with van der Waals surface area (Å²) in [6.07, 6.45) is -1.18. The van der Waals surface area contributed by atoms with Crippen LogP contribution >= 0.6 is 0 Å². The van der Waals surface area contributed by atoms with Crippen LogP contribution in [-0.4, -0.2) is 17.5 Å². The molecule has 4 nitrogen and oxygen atoms in total. The number of carboxylic acids is 1. The summed E-state index contributed by atoms with van der Waals surface area (Å²) in [5.74, 6) is -9.19. The topological polar surface area (TPSA) is 74.3 Å². The maximum atomic E-state index is 13.3. The van der Waals surface area contributed by atoms with Gasteiger partial charge >= 0.3 is 0 Å². The molecule has 0 saturated carbocycles. The second-order valence-electron chi connectivity index (χ2n) is 3.46. The predicted octanol–water partition coefficient (Wildman–Crippen LogP) is 0.304. The van der Waals surface area contributed by atoms with Crippen LogP contribution in [0.1, 0.15) is 22.3 Å². The molecule has 0 saturated heterocycles. The van der Waals surface area contributed by atoms with Gasteiger partial charge in [-0.3, -0.25) is 9.59 Å². The summed E-state index contributed by atoms with van der Waals surface area (Å²) in [5.41, 5.74) is -1.47. The molecule has 0 spiro atoms. The average molecular weight is 259 g/mol. The van der Waals surface area contributed by atoms with Crippen LogP contribution in [0.4, 0.5) is 13.2 Å². The highest BCUT2D eigenvalue weighted by molar-refractivity contribution is 6.36. The van der Waals surface area contributed by atoms with Crippen LogP contribution < -0.4 is 5.11 Å². The molecule has 1 aromatic carbocycles. The normalized spacial score (nSPS) is 10.2. The van der Waals surface area contributed by atoms with Crippen LogP contribution in [0.15, 0.2) is 6.07 Å². The van der Waals surface area contributed by atoms with E-state index in [1.807, 2.05) is 0 Å². The molecular formula is C11H6F3O4-. The summed E-state index contributed by atoms with van der Waals surface area (Å²) in [6.45, 7) is 0.943. The Hall–Kier alpha value is -2.18. The van der Waals surface area contributed by atoms with E-state index >= 15 is 0 Å². The van der Waals surface area contributed by atoms with Gasteiger partial charge in [0.1, 0.15) is 11.8 Å². The molecule has 18 heavy (non-hydrogen) atoms. The van der Waals surface area contributed by atoms with E-state index in [0.717, 1.165) is 6.92 Å². The fraction of sp³-hybridized carbons (Fsp3) is 0.182. The molecule has 0 heterocycles. The van der Waals surface area contributed by atoms with Gasteiger partial charge in [-0.25, -0.2) is 13.2 Å². The number of Topliss-reactive ketones (excluding diaryl/α,β-unsaturated/α-hetero) is 2. The molecule has 0 aliphatic heterocycles. The van der Waals surface area contributed by atoms with Crippen LogP contribution in [0, 0.1) is 24.4 Å². The highest BCUT2D eigenvalue weighted by atomic mass is 19.2. The lowest BCUT2D eigenvalue weighted by atomic mass is 9.99. The highest BCUT2D eigenvalue weighted by Gasteiger charge is 2.23. The maximum Gasteiger partial charge on any atom is 0.185 e. The number of halogens is 3. The lowest BCUT2D eigenvalue weighted by Crippen LogP contribution is -2.33. The largest absolute Gasteiger partial charge is 0.542 e. The van der Waals surface area contributed by atoms with Gasteiger partial charge in [-0.15, -0.1) is 0 Å². The molecule has 0 aliphatic rings. The van der Waals surface area contributed by atoms with Gasteiger partial charge in [0.2, 0.25) is 0 Å². The van der Waals surface area contributed by atoms with E-state index in [2.05, 4.69) is 0 Å². The van der Waals surface area contributed by atoms with Crippen LogP contribution in [0.5, 0.6) is 0 Å². The molecule has 1 aromatic rings. The molecular weight excluding hydrogens is 253 g/mol. The Bertz CT molecular complexity index is 552. The molecule has 0 N–H and O–H groups in total. The van der Waals surface area contributed by atoms with Crippen LogP contribution in [0.25, 0.3) is 0 Å². The fourth-order valence-corrected chi connectivity index (χ4v) is 1.36. The van der Waals surface area contributed by atoms with Gasteiger partial charge in [0.25, 0.3) is 0 Å². The van der Waals surface area contributed by atoms with Gasteiger partial charge in [-0.05, 0) is 6.92 Å². The first-order valence-electron chi connectivity index (χ1n) is 4.67. The van der Waals surface area contributed by atoms with Crippen LogP contribution in [0.2, 0.25) is 0 Å². The Labute approximate surface area is 99.0 Å². The number of benzene rings is 1. The summed E-state index contributed by atoms with van der Waals surface area (Å²) in [5, 5.41) is 10.1. The van der Waals surface area contributed by atoms with Gasteiger partial charge in [-0.2, -0.15) is 0 Å². The molecule has 0 radical (unpaired) electrons. The smallest absolute Gasteiger partial charge is 0.185 e. The summed E-state index contributed by atoms with van der Waals surface area (Å²) in [6, 6.07) is 0.152. The molecule has 0 bridgehead atoms. The first kappa shape index (κ1) is 13.9. The van der Waals surface area contributed by atoms with Crippen molar-refractivity contribution in [2.75, 3.05) is 0 Å². The van der Waals surface area contributed by atoms with Crippen LogP contribution in [-0.2, 0) is 9.59 Å². The first-order valence-corrected chi connectivity index (χ1v) is 4.67. The molecule has 96 valence electrons. The molecule has 0 aromatic heterocycles. The number of aliphatic carboxylic acids is 1. The Balaban J connectivity index is 3.18. The monoisotopic (exact) mass is 259 g/mol. The highest BCUT2D eigenvalue weighted by Crippen LogP contribution is 2.21. The van der Waals surface area contributed by atoms with Crippen molar-refractivity contribution >= 4 is 17.5 Å². The van der Waals surface area contributed by atoms with Crippen molar-refractivity contribution in [3.8, 4) is 0 Å². The van der Waals surface area contributed by atoms with E-state index in [-0.39, 0.29) is 6.07 Å². The van der Waals surface area contributed by atoms with Gasteiger partial charge < -0.3 is 9.90 Å².